The number of alkyl carbamates (subject to hydrolysis) is 2. The number of nitrogens with zero attached hydrogens (tertiary/aromatic N) is 4. The fourth-order valence-corrected chi connectivity index (χ4v) is 11.8. The van der Waals surface area contributed by atoms with Gasteiger partial charge < -0.3 is 39.9 Å². The van der Waals surface area contributed by atoms with Crippen LogP contribution in [0.4, 0.5) is 9.59 Å². The molecule has 4 aliphatic carbocycles. The molecule has 358 valence electrons. The van der Waals surface area contributed by atoms with E-state index in [2.05, 4.69) is 69.1 Å². The van der Waals surface area contributed by atoms with Crippen molar-refractivity contribution in [3.63, 3.8) is 0 Å². The second-order valence-electron chi connectivity index (χ2n) is 20.2. The molecule has 4 heterocycles. The Labute approximate surface area is 407 Å². The number of rotatable bonds is 13. The zero-order valence-corrected chi connectivity index (χ0v) is 39.0. The first kappa shape index (κ1) is 44.0. The molecule has 8 atom stereocenters. The van der Waals surface area contributed by atoms with E-state index in [1.807, 2.05) is 82.9 Å². The smallest absolute Gasteiger partial charge is 0.408 e. The van der Waals surface area contributed by atoms with Gasteiger partial charge in [0.25, 0.3) is 11.8 Å². The summed E-state index contributed by atoms with van der Waals surface area (Å²) in [5.74, 6) is 2.01. The highest BCUT2D eigenvalue weighted by molar-refractivity contribution is 5.89. The molecule has 0 spiro atoms. The van der Waals surface area contributed by atoms with Crippen LogP contribution in [-0.4, -0.2) is 78.0 Å². The Balaban J connectivity index is 0.709. The summed E-state index contributed by atoms with van der Waals surface area (Å²) in [7, 11) is 0. The van der Waals surface area contributed by atoms with Gasteiger partial charge in [-0.1, -0.05) is 109 Å². The van der Waals surface area contributed by atoms with Crippen molar-refractivity contribution in [1.82, 2.24) is 40.4 Å². The zero-order valence-electron chi connectivity index (χ0n) is 39.0. The first-order valence-corrected chi connectivity index (χ1v) is 25.3. The van der Waals surface area contributed by atoms with E-state index in [1.165, 1.54) is 0 Å². The Morgan fingerprint density at radius 2 is 0.871 bits per heavy atom. The molecule has 4 aromatic carbocycles. The Hall–Kier alpha value is -7.22. The minimum atomic E-state index is -0.863. The van der Waals surface area contributed by atoms with Crippen LogP contribution in [0.1, 0.15) is 124 Å². The molecule has 14 nitrogen and oxygen atoms in total. The third kappa shape index (κ3) is 8.84. The summed E-state index contributed by atoms with van der Waals surface area (Å²) in [5.41, 5.74) is 7.07. The van der Waals surface area contributed by atoms with Crippen molar-refractivity contribution in [2.45, 2.75) is 126 Å². The van der Waals surface area contributed by atoms with E-state index >= 15 is 0 Å². The normalized spacial score (nSPS) is 24.4. The topological polar surface area (TPSA) is 175 Å². The Kier molecular flexibility index (Phi) is 11.7. The number of carbonyl (C=O) groups is 4. The highest BCUT2D eigenvalue weighted by Gasteiger charge is 2.57. The number of carbonyl (C=O) groups excluding carboxylic acids is 4. The van der Waals surface area contributed by atoms with Crippen molar-refractivity contribution in [2.75, 3.05) is 0 Å². The summed E-state index contributed by atoms with van der Waals surface area (Å²) in [6, 6.07) is 33.6. The fourth-order valence-electron chi connectivity index (χ4n) is 11.8. The van der Waals surface area contributed by atoms with E-state index in [4.69, 9.17) is 19.4 Å². The van der Waals surface area contributed by atoms with Crippen LogP contribution in [0.3, 0.4) is 0 Å². The van der Waals surface area contributed by atoms with Gasteiger partial charge in [-0.2, -0.15) is 0 Å². The molecular formula is C56H58N8O6. The van der Waals surface area contributed by atoms with Crippen molar-refractivity contribution in [1.29, 1.82) is 0 Å². The van der Waals surface area contributed by atoms with Crippen molar-refractivity contribution in [3.05, 3.63) is 144 Å². The quantitative estimate of drug-likeness (QED) is 0.0885. The number of aromatic nitrogens is 4. The van der Waals surface area contributed by atoms with E-state index in [1.54, 1.807) is 0 Å². The van der Waals surface area contributed by atoms with Crippen molar-refractivity contribution >= 4 is 24.0 Å². The number of hydrogen-bond acceptors (Lipinski definition) is 8. The predicted octanol–water partition coefficient (Wildman–Crippen LogP) is 10.3. The van der Waals surface area contributed by atoms with Crippen LogP contribution < -0.4 is 10.6 Å². The maximum absolute atomic E-state index is 14.5. The lowest BCUT2D eigenvalue weighted by Crippen LogP contribution is -2.44. The lowest BCUT2D eigenvalue weighted by molar-refractivity contribution is -0.136. The van der Waals surface area contributed by atoms with Crippen LogP contribution in [0.5, 0.6) is 0 Å². The molecule has 2 aliphatic heterocycles. The summed E-state index contributed by atoms with van der Waals surface area (Å²) >= 11 is 0. The van der Waals surface area contributed by atoms with E-state index in [9.17, 15) is 19.2 Å². The lowest BCUT2D eigenvalue weighted by Gasteiger charge is -2.31. The van der Waals surface area contributed by atoms with Crippen LogP contribution in [-0.2, 0) is 19.1 Å². The number of benzene rings is 4. The van der Waals surface area contributed by atoms with Gasteiger partial charge in [-0.3, -0.25) is 9.59 Å². The van der Waals surface area contributed by atoms with Gasteiger partial charge in [0.15, 0.2) is 0 Å². The standard InChI is InChI=1S/C56H58N8O6/c65-53(49(37-11-3-1-4-12-37)61-55(67)69-41-15-7-8-16-41)63-45-27-39(45)29-47(63)51-57-31-43(59-51)35-23-19-33(20-24-35)34-21-25-36(26-22-34)44-32-58-52(60-44)48-30-40-28-46(40)64(48)54(66)50(38-13-5-2-6-14-38)62-56(68)70-42-17-9-10-18-42/h1-6,11-14,19-26,31-32,39-42,45-50H,7-10,15-18,27-30H2,(H,57,59)(H,58,60)(H,61,67)(H,62,68)/t39-,40-,45-,46-,47+,48+,49-,50-/m1/s1. The summed E-state index contributed by atoms with van der Waals surface area (Å²) in [5, 5.41) is 5.87. The molecule has 0 bridgehead atoms. The number of nitrogens with one attached hydrogen (secondary N) is 4. The number of likely N-dealkylation sites (tertiary alicyclic amines) is 2. The number of fused-ring (bicyclic) bond motifs is 2. The zero-order chi connectivity index (χ0) is 47.3. The molecule has 12 rings (SSSR count). The van der Waals surface area contributed by atoms with Crippen molar-refractivity contribution in [2.24, 2.45) is 11.8 Å². The molecule has 2 saturated heterocycles. The van der Waals surface area contributed by atoms with Crippen LogP contribution in [0.2, 0.25) is 0 Å². The number of H-pyrrole nitrogens is 2. The summed E-state index contributed by atoms with van der Waals surface area (Å²) in [4.78, 5) is 76.0. The van der Waals surface area contributed by atoms with Crippen molar-refractivity contribution < 1.29 is 28.7 Å². The van der Waals surface area contributed by atoms with Gasteiger partial charge in [-0.25, -0.2) is 19.6 Å². The molecule has 70 heavy (non-hydrogen) atoms. The van der Waals surface area contributed by atoms with Gasteiger partial charge in [0.05, 0.1) is 23.5 Å². The number of aromatic amines is 2. The highest BCUT2D eigenvalue weighted by atomic mass is 16.6. The average molecular weight is 939 g/mol. The lowest BCUT2D eigenvalue weighted by atomic mass is 10.0. The first-order chi connectivity index (χ1) is 34.3. The average Bonchev–Trinajstić information content (AvgIpc) is 3.90. The van der Waals surface area contributed by atoms with Crippen LogP contribution in [0.25, 0.3) is 33.6 Å². The largest absolute Gasteiger partial charge is 0.446 e. The van der Waals surface area contributed by atoms with Crippen LogP contribution in [0.15, 0.2) is 122 Å². The molecule has 6 fully saturated rings. The summed E-state index contributed by atoms with van der Waals surface area (Å²) in [6.07, 6.45) is 13.6. The van der Waals surface area contributed by atoms with Gasteiger partial charge in [0.2, 0.25) is 0 Å². The second kappa shape index (κ2) is 18.6. The summed E-state index contributed by atoms with van der Waals surface area (Å²) in [6.45, 7) is 0. The number of piperidine rings is 2. The number of ether oxygens (including phenoxy) is 2. The molecular weight excluding hydrogens is 881 g/mol. The van der Waals surface area contributed by atoms with E-state index in [0.29, 0.717) is 11.8 Å². The van der Waals surface area contributed by atoms with Gasteiger partial charge >= 0.3 is 12.2 Å². The first-order valence-electron chi connectivity index (χ1n) is 25.3. The summed E-state index contributed by atoms with van der Waals surface area (Å²) < 4.78 is 11.5. The molecule has 6 aromatic rings. The molecule has 4 N–H and O–H groups in total. The number of hydrogen-bond donors (Lipinski definition) is 4. The van der Waals surface area contributed by atoms with Crippen molar-refractivity contribution in [3.8, 4) is 33.6 Å². The Morgan fingerprint density at radius 3 is 1.26 bits per heavy atom. The number of amides is 4. The monoisotopic (exact) mass is 938 g/mol. The second-order valence-corrected chi connectivity index (χ2v) is 20.2. The fraction of sp³-hybridized carbons (Fsp3) is 0.393. The van der Waals surface area contributed by atoms with Gasteiger partial charge in [0.1, 0.15) is 35.9 Å². The minimum absolute atomic E-state index is 0.107. The maximum Gasteiger partial charge on any atom is 0.408 e. The van der Waals surface area contributed by atoms with Crippen LogP contribution in [0, 0.1) is 11.8 Å². The Bertz CT molecular complexity index is 2660. The molecule has 4 saturated carbocycles. The molecule has 0 radical (unpaired) electrons. The molecule has 14 heteroatoms. The minimum Gasteiger partial charge on any atom is -0.446 e. The highest BCUT2D eigenvalue weighted by Crippen LogP contribution is 2.55. The third-order valence-electron chi connectivity index (χ3n) is 15.7. The van der Waals surface area contributed by atoms with Gasteiger partial charge in [0, 0.05) is 35.6 Å². The Morgan fingerprint density at radius 1 is 0.500 bits per heavy atom. The predicted molar refractivity (Wildman–Crippen MR) is 261 cm³/mol. The van der Waals surface area contributed by atoms with Crippen LogP contribution >= 0.6 is 0 Å². The molecule has 6 aliphatic rings. The van der Waals surface area contributed by atoms with E-state index in [0.717, 1.165) is 133 Å². The molecule has 2 aromatic heterocycles. The van der Waals surface area contributed by atoms with Gasteiger partial charge in [-0.15, -0.1) is 0 Å². The number of imidazole rings is 2. The van der Waals surface area contributed by atoms with E-state index < -0.39 is 24.3 Å². The van der Waals surface area contributed by atoms with Gasteiger partial charge in [-0.05, 0) is 111 Å². The third-order valence-corrected chi connectivity index (χ3v) is 15.7. The maximum atomic E-state index is 14.5. The molecule has 4 amide bonds. The SMILES string of the molecule is O=C(N[C@@H](C(=O)N1[C@@H]2C[C@@H]2C[C@H]1c1nc(-c2ccc(-c3ccc(-c4c[nH]c([C@@H]5C[C@H]6C[C@H]6N5C(=O)[C@H](NC(=O)OC5CCCC5)c5ccccc5)n4)cc3)cc2)c[nH]1)c1ccccc1)OC1CCCC1. The van der Waals surface area contributed by atoms with E-state index in [-0.39, 0.29) is 48.2 Å². The molecule has 0 unspecified atom stereocenters.